The largest absolute Gasteiger partial charge is 0.392 e. The monoisotopic (exact) mass is 288 g/mol. The maximum Gasteiger partial charge on any atom is 0.0644 e. The van der Waals surface area contributed by atoms with Gasteiger partial charge >= 0.3 is 0 Å². The van der Waals surface area contributed by atoms with Crippen molar-refractivity contribution in [1.82, 2.24) is 0 Å². The molecule has 0 aromatic carbocycles. The zero-order chi connectivity index (χ0) is 15.6. The number of hydrogen-bond donors (Lipinski definition) is 1. The lowest BCUT2D eigenvalue weighted by Crippen LogP contribution is -2.34. The molecule has 0 spiro atoms. The maximum atomic E-state index is 11.0. The van der Waals surface area contributed by atoms with Gasteiger partial charge in [-0.15, -0.1) is 0 Å². The molecule has 0 saturated heterocycles. The third-order valence-electron chi connectivity index (χ3n) is 5.66. The first-order chi connectivity index (χ1) is 9.91. The average Bonchev–Trinajstić information content (AvgIpc) is 2.74. The zero-order valence-corrected chi connectivity index (χ0v) is 14.4. The molecule has 4 unspecified atom stereocenters. The Morgan fingerprint density at radius 1 is 1.24 bits per heavy atom. The maximum absolute atomic E-state index is 11.0. The third-order valence-corrected chi connectivity index (χ3v) is 5.66. The quantitative estimate of drug-likeness (QED) is 0.698. The summed E-state index contributed by atoms with van der Waals surface area (Å²) in [6.07, 6.45) is 11.4. The Bertz CT molecular complexity index is 450. The molecule has 0 aliphatic heterocycles. The van der Waals surface area contributed by atoms with E-state index in [0.29, 0.717) is 23.7 Å². The second-order valence-corrected chi connectivity index (χ2v) is 7.49. The first-order valence-electron chi connectivity index (χ1n) is 8.56. The minimum Gasteiger partial charge on any atom is -0.392 e. The van der Waals surface area contributed by atoms with Crippen molar-refractivity contribution in [2.24, 2.45) is 23.7 Å². The molecule has 0 radical (unpaired) electrons. The summed E-state index contributed by atoms with van der Waals surface area (Å²) in [5.41, 5.74) is 4.30. The van der Waals surface area contributed by atoms with Gasteiger partial charge in [0.15, 0.2) is 0 Å². The molecular weight excluding hydrogens is 256 g/mol. The van der Waals surface area contributed by atoms with Crippen LogP contribution in [0.5, 0.6) is 0 Å². The molecular formula is C20H32O. The summed E-state index contributed by atoms with van der Waals surface area (Å²) in [4.78, 5) is 0. The van der Waals surface area contributed by atoms with E-state index in [2.05, 4.69) is 52.8 Å². The molecule has 1 N–H and O–H groups in total. The SMILES string of the molecule is CC(C)=CCCC(C)C1CC=C(C)C2CC=C(C)C2[C@@H]1O. The molecule has 0 bridgehead atoms. The van der Waals surface area contributed by atoms with Crippen molar-refractivity contribution in [3.05, 3.63) is 34.9 Å². The van der Waals surface area contributed by atoms with E-state index in [1.165, 1.54) is 23.1 Å². The highest BCUT2D eigenvalue weighted by Gasteiger charge is 2.40. The number of allylic oxidation sites excluding steroid dienone is 5. The topological polar surface area (TPSA) is 20.2 Å². The van der Waals surface area contributed by atoms with E-state index in [-0.39, 0.29) is 6.10 Å². The van der Waals surface area contributed by atoms with Gasteiger partial charge in [0, 0.05) is 5.92 Å². The van der Waals surface area contributed by atoms with Gasteiger partial charge in [-0.3, -0.25) is 0 Å². The predicted octanol–water partition coefficient (Wildman–Crippen LogP) is 5.28. The molecule has 0 amide bonds. The fourth-order valence-electron chi connectivity index (χ4n) is 4.19. The van der Waals surface area contributed by atoms with Gasteiger partial charge in [-0.05, 0) is 71.1 Å². The molecule has 0 fully saturated rings. The van der Waals surface area contributed by atoms with E-state index in [4.69, 9.17) is 0 Å². The Kier molecular flexibility index (Phi) is 5.48. The normalized spacial score (nSPS) is 33.6. The molecule has 0 saturated carbocycles. The minimum absolute atomic E-state index is 0.177. The van der Waals surface area contributed by atoms with Crippen LogP contribution in [0.3, 0.4) is 0 Å². The van der Waals surface area contributed by atoms with Gasteiger partial charge in [0.25, 0.3) is 0 Å². The molecule has 2 aliphatic rings. The van der Waals surface area contributed by atoms with Crippen LogP contribution < -0.4 is 0 Å². The zero-order valence-electron chi connectivity index (χ0n) is 14.4. The Labute approximate surface area is 130 Å². The van der Waals surface area contributed by atoms with E-state index < -0.39 is 0 Å². The molecule has 0 heterocycles. The summed E-state index contributed by atoms with van der Waals surface area (Å²) >= 11 is 0. The summed E-state index contributed by atoms with van der Waals surface area (Å²) in [6, 6.07) is 0. The first-order valence-corrected chi connectivity index (χ1v) is 8.56. The molecule has 21 heavy (non-hydrogen) atoms. The Hall–Kier alpha value is -0.820. The lowest BCUT2D eigenvalue weighted by molar-refractivity contribution is 0.0310. The fourth-order valence-corrected chi connectivity index (χ4v) is 4.19. The van der Waals surface area contributed by atoms with Gasteiger partial charge in [-0.2, -0.15) is 0 Å². The van der Waals surface area contributed by atoms with Gasteiger partial charge in [-0.25, -0.2) is 0 Å². The third kappa shape index (κ3) is 3.69. The van der Waals surface area contributed by atoms with Gasteiger partial charge in [0.05, 0.1) is 6.10 Å². The first kappa shape index (κ1) is 16.5. The van der Waals surface area contributed by atoms with Crippen molar-refractivity contribution in [1.29, 1.82) is 0 Å². The van der Waals surface area contributed by atoms with Crippen LogP contribution in [0.1, 0.15) is 60.3 Å². The van der Waals surface area contributed by atoms with E-state index in [9.17, 15) is 5.11 Å². The fraction of sp³-hybridized carbons (Fsp3) is 0.700. The number of hydrogen-bond acceptors (Lipinski definition) is 1. The van der Waals surface area contributed by atoms with E-state index in [1.807, 2.05) is 0 Å². The summed E-state index contributed by atoms with van der Waals surface area (Å²) in [7, 11) is 0. The molecule has 1 heteroatoms. The Morgan fingerprint density at radius 2 is 1.90 bits per heavy atom. The molecule has 5 atom stereocenters. The van der Waals surface area contributed by atoms with Crippen molar-refractivity contribution < 1.29 is 5.11 Å². The molecule has 2 aliphatic carbocycles. The van der Waals surface area contributed by atoms with Crippen molar-refractivity contribution in [2.75, 3.05) is 0 Å². The average molecular weight is 288 g/mol. The number of rotatable bonds is 4. The van der Waals surface area contributed by atoms with E-state index in [0.717, 1.165) is 19.3 Å². The van der Waals surface area contributed by atoms with Crippen LogP contribution in [0.15, 0.2) is 34.9 Å². The lowest BCUT2D eigenvalue weighted by atomic mass is 9.75. The summed E-state index contributed by atoms with van der Waals surface area (Å²) in [5, 5.41) is 11.0. The van der Waals surface area contributed by atoms with Crippen molar-refractivity contribution >= 4 is 0 Å². The molecule has 0 aromatic heterocycles. The van der Waals surface area contributed by atoms with Crippen molar-refractivity contribution in [2.45, 2.75) is 66.4 Å². The molecule has 1 nitrogen and oxygen atoms in total. The summed E-state index contributed by atoms with van der Waals surface area (Å²) in [5.74, 6) is 1.89. The summed E-state index contributed by atoms with van der Waals surface area (Å²) < 4.78 is 0. The second-order valence-electron chi connectivity index (χ2n) is 7.49. The van der Waals surface area contributed by atoms with Gasteiger partial charge < -0.3 is 5.11 Å². The second kappa shape index (κ2) is 6.96. The molecule has 0 aromatic rings. The minimum atomic E-state index is -0.177. The van der Waals surface area contributed by atoms with Crippen molar-refractivity contribution in [3.63, 3.8) is 0 Å². The standard InChI is InChI=1S/C20H32O/c1-13(2)7-6-8-14(3)18-12-9-15(4)17-11-10-16(5)19(17)20(18)21/h7,9-10,14,17-21H,6,8,11-12H2,1-5H3/t14?,17?,18?,19?,20-/m1/s1. The number of aliphatic hydroxyl groups is 1. The highest BCUT2D eigenvalue weighted by molar-refractivity contribution is 5.25. The number of aliphatic hydroxyl groups excluding tert-OH is 1. The van der Waals surface area contributed by atoms with Gasteiger partial charge in [-0.1, -0.05) is 41.9 Å². The van der Waals surface area contributed by atoms with E-state index in [1.54, 1.807) is 0 Å². The highest BCUT2D eigenvalue weighted by Crippen LogP contribution is 2.45. The Morgan fingerprint density at radius 3 is 2.57 bits per heavy atom. The molecule has 2 rings (SSSR count). The molecule has 118 valence electrons. The Balaban J connectivity index is 2.09. The van der Waals surface area contributed by atoms with Crippen LogP contribution in [-0.4, -0.2) is 11.2 Å². The van der Waals surface area contributed by atoms with Crippen LogP contribution >= 0.6 is 0 Å². The van der Waals surface area contributed by atoms with Crippen LogP contribution in [0.25, 0.3) is 0 Å². The van der Waals surface area contributed by atoms with Crippen LogP contribution in [0.4, 0.5) is 0 Å². The van der Waals surface area contributed by atoms with Gasteiger partial charge in [0.1, 0.15) is 0 Å². The smallest absolute Gasteiger partial charge is 0.0644 e. The summed E-state index contributed by atoms with van der Waals surface area (Å²) in [6.45, 7) is 11.1. The van der Waals surface area contributed by atoms with E-state index >= 15 is 0 Å². The lowest BCUT2D eigenvalue weighted by Gasteiger charge is -2.33. The van der Waals surface area contributed by atoms with Gasteiger partial charge in [0.2, 0.25) is 0 Å². The van der Waals surface area contributed by atoms with Crippen LogP contribution in [-0.2, 0) is 0 Å². The number of fused-ring (bicyclic) bond motifs is 1. The highest BCUT2D eigenvalue weighted by atomic mass is 16.3. The van der Waals surface area contributed by atoms with Crippen LogP contribution in [0.2, 0.25) is 0 Å². The van der Waals surface area contributed by atoms with Crippen LogP contribution in [0, 0.1) is 23.7 Å². The predicted molar refractivity (Wildman–Crippen MR) is 91.1 cm³/mol. The van der Waals surface area contributed by atoms with Crippen molar-refractivity contribution in [3.8, 4) is 0 Å².